The number of thiazole rings is 1. The van der Waals surface area contributed by atoms with Crippen molar-refractivity contribution >= 4 is 22.4 Å². The summed E-state index contributed by atoms with van der Waals surface area (Å²) in [6, 6.07) is -0.762. The Hall–Kier alpha value is -1.31. The number of rotatable bonds is 2. The maximum absolute atomic E-state index is 12.4. The van der Waals surface area contributed by atoms with Crippen molar-refractivity contribution in [3.63, 3.8) is 0 Å². The number of hydrogen-bond donors (Lipinski definition) is 1. The van der Waals surface area contributed by atoms with Gasteiger partial charge >= 0.3 is 12.1 Å². The van der Waals surface area contributed by atoms with Crippen LogP contribution in [0, 0.1) is 0 Å². The molecule has 1 saturated heterocycles. The second-order valence-electron chi connectivity index (χ2n) is 3.69. The van der Waals surface area contributed by atoms with E-state index < -0.39 is 23.1 Å². The minimum absolute atomic E-state index is 0.127. The zero-order chi connectivity index (χ0) is 12.6. The van der Waals surface area contributed by atoms with Crippen LogP contribution in [0.15, 0.2) is 6.20 Å². The van der Waals surface area contributed by atoms with Gasteiger partial charge in [-0.2, -0.15) is 13.2 Å². The molecule has 1 aromatic heterocycles. The standard InChI is InChI=1S/C9H9F3N2O2S/c10-9(11,12)6-4-13-8(17-6)14-3-1-2-5(14)7(15)16/h4-5H,1-3H2,(H,15,16)/t5-/m1/s1. The molecule has 0 saturated carbocycles. The molecule has 0 radical (unpaired) electrons. The zero-order valence-electron chi connectivity index (χ0n) is 8.57. The lowest BCUT2D eigenvalue weighted by Crippen LogP contribution is -2.35. The van der Waals surface area contributed by atoms with E-state index in [0.29, 0.717) is 30.7 Å². The zero-order valence-corrected chi connectivity index (χ0v) is 9.38. The highest BCUT2D eigenvalue weighted by molar-refractivity contribution is 7.15. The van der Waals surface area contributed by atoms with Crippen LogP contribution in [-0.4, -0.2) is 28.6 Å². The van der Waals surface area contributed by atoms with Crippen LogP contribution < -0.4 is 4.90 Å². The van der Waals surface area contributed by atoms with Gasteiger partial charge in [-0.15, -0.1) is 0 Å². The summed E-state index contributed by atoms with van der Waals surface area (Å²) in [4.78, 5) is 15.2. The van der Waals surface area contributed by atoms with Gasteiger partial charge < -0.3 is 10.0 Å². The van der Waals surface area contributed by atoms with E-state index in [1.165, 1.54) is 4.90 Å². The summed E-state index contributed by atoms with van der Waals surface area (Å²) >= 11 is 0.485. The second kappa shape index (κ2) is 4.17. The molecule has 0 bridgehead atoms. The van der Waals surface area contributed by atoms with Crippen LogP contribution in [-0.2, 0) is 11.0 Å². The lowest BCUT2D eigenvalue weighted by atomic mass is 10.2. The highest BCUT2D eigenvalue weighted by Gasteiger charge is 2.37. The number of halogens is 3. The molecule has 94 valence electrons. The SMILES string of the molecule is O=C(O)[C@H]1CCCN1c1ncc(C(F)(F)F)s1. The highest BCUT2D eigenvalue weighted by atomic mass is 32.1. The third kappa shape index (κ3) is 2.36. The third-order valence-electron chi connectivity index (χ3n) is 2.56. The molecule has 1 atom stereocenters. The Bertz CT molecular complexity index is 432. The number of anilines is 1. The number of alkyl halides is 3. The lowest BCUT2D eigenvalue weighted by molar-refractivity contribution is -0.138. The van der Waals surface area contributed by atoms with Crippen molar-refractivity contribution in [2.75, 3.05) is 11.4 Å². The smallest absolute Gasteiger partial charge is 0.427 e. The van der Waals surface area contributed by atoms with Gasteiger partial charge in [0.05, 0.1) is 6.20 Å². The van der Waals surface area contributed by atoms with Crippen LogP contribution in [0.5, 0.6) is 0 Å². The quantitative estimate of drug-likeness (QED) is 0.891. The molecule has 0 amide bonds. The summed E-state index contributed by atoms with van der Waals surface area (Å²) in [5, 5.41) is 9.05. The maximum Gasteiger partial charge on any atom is 0.427 e. The number of hydrogen-bond acceptors (Lipinski definition) is 4. The molecule has 0 spiro atoms. The van der Waals surface area contributed by atoms with Crippen molar-refractivity contribution in [3.8, 4) is 0 Å². The molecule has 4 nitrogen and oxygen atoms in total. The largest absolute Gasteiger partial charge is 0.480 e. The monoisotopic (exact) mass is 266 g/mol. The summed E-state index contributed by atoms with van der Waals surface area (Å²) in [6.07, 6.45) is -2.58. The lowest BCUT2D eigenvalue weighted by Gasteiger charge is -2.19. The van der Waals surface area contributed by atoms with E-state index in [1.807, 2.05) is 0 Å². The molecule has 0 aromatic carbocycles. The first-order chi connectivity index (χ1) is 7.89. The summed E-state index contributed by atoms with van der Waals surface area (Å²) in [6.45, 7) is 0.432. The Morgan fingerprint density at radius 2 is 2.29 bits per heavy atom. The van der Waals surface area contributed by atoms with Crippen LogP contribution >= 0.6 is 11.3 Å². The van der Waals surface area contributed by atoms with E-state index in [4.69, 9.17) is 5.11 Å². The Morgan fingerprint density at radius 1 is 1.59 bits per heavy atom. The van der Waals surface area contributed by atoms with E-state index in [9.17, 15) is 18.0 Å². The first-order valence-corrected chi connectivity index (χ1v) is 5.73. The first-order valence-electron chi connectivity index (χ1n) is 4.92. The molecular weight excluding hydrogens is 257 g/mol. The molecule has 2 rings (SSSR count). The van der Waals surface area contributed by atoms with Crippen LogP contribution in [0.3, 0.4) is 0 Å². The van der Waals surface area contributed by atoms with Gasteiger partial charge in [0.15, 0.2) is 5.13 Å². The van der Waals surface area contributed by atoms with Crippen molar-refractivity contribution in [1.29, 1.82) is 0 Å². The molecule has 1 aliphatic heterocycles. The number of carboxylic acids is 1. The molecule has 1 aliphatic rings. The number of carboxylic acid groups (broad SMARTS) is 1. The number of aromatic nitrogens is 1. The first kappa shape index (κ1) is 12.2. The molecule has 0 aliphatic carbocycles. The molecule has 1 aromatic rings. The fourth-order valence-electron chi connectivity index (χ4n) is 1.78. The summed E-state index contributed by atoms with van der Waals surface area (Å²) in [7, 11) is 0. The Kier molecular flexibility index (Phi) is 2.98. The maximum atomic E-state index is 12.4. The predicted molar refractivity (Wildman–Crippen MR) is 55.1 cm³/mol. The molecular formula is C9H9F3N2O2S. The summed E-state index contributed by atoms with van der Waals surface area (Å²) in [5.74, 6) is -1.02. The van der Waals surface area contributed by atoms with E-state index in [2.05, 4.69) is 4.98 Å². The fourth-order valence-corrected chi connectivity index (χ4v) is 2.64. The van der Waals surface area contributed by atoms with E-state index in [1.54, 1.807) is 0 Å². The van der Waals surface area contributed by atoms with Gasteiger partial charge in [-0.3, -0.25) is 0 Å². The number of aliphatic carboxylic acids is 1. The van der Waals surface area contributed by atoms with Crippen molar-refractivity contribution in [3.05, 3.63) is 11.1 Å². The molecule has 1 N–H and O–H groups in total. The number of nitrogens with zero attached hydrogens (tertiary/aromatic N) is 2. The summed E-state index contributed by atoms with van der Waals surface area (Å²) in [5.41, 5.74) is 0. The van der Waals surface area contributed by atoms with Gasteiger partial charge in [0.1, 0.15) is 10.9 Å². The normalized spacial score (nSPS) is 20.9. The molecule has 8 heteroatoms. The van der Waals surface area contributed by atoms with Gasteiger partial charge in [-0.1, -0.05) is 11.3 Å². The van der Waals surface area contributed by atoms with Crippen LogP contribution in [0.25, 0.3) is 0 Å². The van der Waals surface area contributed by atoms with Crippen LogP contribution in [0.4, 0.5) is 18.3 Å². The van der Waals surface area contributed by atoms with Gasteiger partial charge in [0, 0.05) is 6.54 Å². The van der Waals surface area contributed by atoms with E-state index in [-0.39, 0.29) is 5.13 Å². The van der Waals surface area contributed by atoms with E-state index >= 15 is 0 Å². The minimum Gasteiger partial charge on any atom is -0.480 e. The fraction of sp³-hybridized carbons (Fsp3) is 0.556. The Labute approximate surface area is 98.7 Å². The van der Waals surface area contributed by atoms with Crippen LogP contribution in [0.1, 0.15) is 17.7 Å². The molecule has 1 fully saturated rings. The summed E-state index contributed by atoms with van der Waals surface area (Å²) < 4.78 is 37.1. The molecule has 0 unspecified atom stereocenters. The van der Waals surface area contributed by atoms with Crippen LogP contribution in [0.2, 0.25) is 0 Å². The Morgan fingerprint density at radius 3 is 2.82 bits per heavy atom. The predicted octanol–water partition coefficient (Wildman–Crippen LogP) is 2.22. The van der Waals surface area contributed by atoms with E-state index in [0.717, 1.165) is 6.20 Å². The van der Waals surface area contributed by atoms with Crippen molar-refractivity contribution < 1.29 is 23.1 Å². The van der Waals surface area contributed by atoms with Gasteiger partial charge in [0.2, 0.25) is 0 Å². The average Bonchev–Trinajstić information content (AvgIpc) is 2.85. The van der Waals surface area contributed by atoms with Crippen molar-refractivity contribution in [1.82, 2.24) is 4.98 Å². The molecule has 2 heterocycles. The average molecular weight is 266 g/mol. The third-order valence-corrected chi connectivity index (χ3v) is 3.64. The van der Waals surface area contributed by atoms with Crippen molar-refractivity contribution in [2.45, 2.75) is 25.1 Å². The Balaban J connectivity index is 2.23. The van der Waals surface area contributed by atoms with Crippen molar-refractivity contribution in [2.24, 2.45) is 0 Å². The second-order valence-corrected chi connectivity index (χ2v) is 4.70. The van der Waals surface area contributed by atoms with Gasteiger partial charge in [0.25, 0.3) is 0 Å². The van der Waals surface area contributed by atoms with Gasteiger partial charge in [-0.25, -0.2) is 9.78 Å². The topological polar surface area (TPSA) is 53.4 Å². The van der Waals surface area contributed by atoms with Gasteiger partial charge in [-0.05, 0) is 12.8 Å². The molecule has 17 heavy (non-hydrogen) atoms. The number of carbonyl (C=O) groups is 1. The highest BCUT2D eigenvalue weighted by Crippen LogP contribution is 2.38. The minimum atomic E-state index is -4.42.